The van der Waals surface area contributed by atoms with Crippen molar-refractivity contribution in [1.82, 2.24) is 9.55 Å². The Kier molecular flexibility index (Phi) is 3.07. The highest BCUT2D eigenvalue weighted by atomic mass is 16.5. The largest absolute Gasteiger partial charge is 0.469 e. The van der Waals surface area contributed by atoms with Gasteiger partial charge in [0, 0.05) is 37.4 Å². The molecule has 3 heterocycles. The molecule has 0 aliphatic carbocycles. The molecule has 0 radical (unpaired) electrons. The first kappa shape index (κ1) is 11.7. The molecule has 0 aromatic carbocycles. The van der Waals surface area contributed by atoms with Gasteiger partial charge in [0.05, 0.1) is 19.6 Å². The zero-order valence-electron chi connectivity index (χ0n) is 10.6. The summed E-state index contributed by atoms with van der Waals surface area (Å²) in [6.07, 6.45) is 4.55. The van der Waals surface area contributed by atoms with Crippen molar-refractivity contribution in [2.75, 3.05) is 20.3 Å². The van der Waals surface area contributed by atoms with Crippen LogP contribution in [0.3, 0.4) is 0 Å². The second kappa shape index (κ2) is 4.72. The summed E-state index contributed by atoms with van der Waals surface area (Å²) in [5, 5.41) is 0. The third-order valence-corrected chi connectivity index (χ3v) is 3.96. The molecule has 0 amide bonds. The van der Waals surface area contributed by atoms with Gasteiger partial charge in [-0.2, -0.15) is 0 Å². The average molecular weight is 250 g/mol. The van der Waals surface area contributed by atoms with E-state index in [9.17, 15) is 4.79 Å². The fourth-order valence-corrected chi connectivity index (χ4v) is 2.92. The van der Waals surface area contributed by atoms with Gasteiger partial charge >= 0.3 is 5.97 Å². The second-order valence-corrected chi connectivity index (χ2v) is 5.03. The zero-order valence-corrected chi connectivity index (χ0v) is 10.6. The smallest absolute Gasteiger partial charge is 0.309 e. The molecule has 2 aliphatic rings. The van der Waals surface area contributed by atoms with Crippen LogP contribution >= 0.6 is 0 Å². The molecular formula is C13H18N2O3. The van der Waals surface area contributed by atoms with Gasteiger partial charge in [-0.05, 0) is 12.8 Å². The molecule has 0 saturated carbocycles. The molecule has 5 heteroatoms. The minimum absolute atomic E-state index is 0.00752. The van der Waals surface area contributed by atoms with Gasteiger partial charge in [0.2, 0.25) is 0 Å². The Morgan fingerprint density at radius 1 is 1.56 bits per heavy atom. The topological polar surface area (TPSA) is 53.4 Å². The Hall–Kier alpha value is -1.36. The predicted octanol–water partition coefficient (Wildman–Crippen LogP) is 1.12. The van der Waals surface area contributed by atoms with Gasteiger partial charge in [0.1, 0.15) is 5.82 Å². The summed E-state index contributed by atoms with van der Waals surface area (Å²) in [6, 6.07) is 0. The highest BCUT2D eigenvalue weighted by Crippen LogP contribution is 2.29. The van der Waals surface area contributed by atoms with E-state index in [1.54, 1.807) is 0 Å². The van der Waals surface area contributed by atoms with Crippen LogP contribution in [0.1, 0.15) is 30.3 Å². The van der Waals surface area contributed by atoms with E-state index >= 15 is 0 Å². The lowest BCUT2D eigenvalue weighted by Crippen LogP contribution is -2.27. The average Bonchev–Trinajstić information content (AvgIpc) is 3.05. The van der Waals surface area contributed by atoms with Crippen LogP contribution in [-0.4, -0.2) is 35.8 Å². The quantitative estimate of drug-likeness (QED) is 0.738. The molecule has 1 aromatic rings. The van der Waals surface area contributed by atoms with Crippen molar-refractivity contribution in [2.45, 2.75) is 31.7 Å². The first-order chi connectivity index (χ1) is 8.79. The van der Waals surface area contributed by atoms with E-state index in [1.165, 1.54) is 7.11 Å². The number of fused-ring (bicyclic) bond motifs is 1. The molecule has 18 heavy (non-hydrogen) atoms. The zero-order chi connectivity index (χ0) is 12.5. The molecule has 2 aliphatic heterocycles. The summed E-state index contributed by atoms with van der Waals surface area (Å²) in [5.74, 6) is 1.44. The Bertz CT molecular complexity index is 449. The number of methoxy groups -OCH3 is 1. The van der Waals surface area contributed by atoms with Gasteiger partial charge in [0.25, 0.3) is 0 Å². The van der Waals surface area contributed by atoms with Gasteiger partial charge in [0.15, 0.2) is 0 Å². The van der Waals surface area contributed by atoms with Crippen LogP contribution in [0.25, 0.3) is 0 Å². The summed E-state index contributed by atoms with van der Waals surface area (Å²) >= 11 is 0. The van der Waals surface area contributed by atoms with Crippen molar-refractivity contribution in [2.24, 2.45) is 5.92 Å². The first-order valence-electron chi connectivity index (χ1n) is 6.49. The number of hydrogen-bond acceptors (Lipinski definition) is 4. The summed E-state index contributed by atoms with van der Waals surface area (Å²) in [5.41, 5.74) is 1.15. The number of carbonyl (C=O) groups excluding carboxylic acids is 1. The monoisotopic (exact) mass is 250 g/mol. The van der Waals surface area contributed by atoms with Crippen molar-refractivity contribution in [3.8, 4) is 0 Å². The number of aromatic nitrogens is 2. The lowest BCUT2D eigenvalue weighted by atomic mass is 9.96. The van der Waals surface area contributed by atoms with E-state index in [2.05, 4.69) is 9.55 Å². The number of imidazole rings is 1. The first-order valence-corrected chi connectivity index (χ1v) is 6.49. The third kappa shape index (κ3) is 1.92. The molecule has 1 saturated heterocycles. The molecule has 2 atom stereocenters. The van der Waals surface area contributed by atoms with Gasteiger partial charge in [-0.15, -0.1) is 0 Å². The third-order valence-electron chi connectivity index (χ3n) is 3.96. The van der Waals surface area contributed by atoms with E-state index in [0.29, 0.717) is 5.92 Å². The Morgan fingerprint density at radius 3 is 3.17 bits per heavy atom. The summed E-state index contributed by atoms with van der Waals surface area (Å²) in [6.45, 7) is 2.47. The molecule has 5 nitrogen and oxygen atoms in total. The number of rotatable bonds is 2. The number of esters is 1. The van der Waals surface area contributed by atoms with Crippen LogP contribution in [0.2, 0.25) is 0 Å². The minimum Gasteiger partial charge on any atom is -0.469 e. The van der Waals surface area contributed by atoms with Gasteiger partial charge in [-0.25, -0.2) is 4.98 Å². The van der Waals surface area contributed by atoms with Gasteiger partial charge in [-0.1, -0.05) is 0 Å². The summed E-state index contributed by atoms with van der Waals surface area (Å²) in [7, 11) is 1.45. The van der Waals surface area contributed by atoms with Crippen molar-refractivity contribution in [1.29, 1.82) is 0 Å². The lowest BCUT2D eigenvalue weighted by molar-refractivity contribution is -0.146. The van der Waals surface area contributed by atoms with E-state index in [-0.39, 0.29) is 11.9 Å². The Balaban J connectivity index is 1.80. The van der Waals surface area contributed by atoms with Crippen LogP contribution in [0.4, 0.5) is 0 Å². The standard InChI is InChI=1S/C13H18N2O3/c1-17-13(16)9-2-4-15-11(6-9)7-14-12(15)10-3-5-18-8-10/h7,9-10H,2-6,8H2,1H3. The van der Waals surface area contributed by atoms with E-state index < -0.39 is 0 Å². The summed E-state index contributed by atoms with van der Waals surface area (Å²) in [4.78, 5) is 16.1. The van der Waals surface area contributed by atoms with Crippen molar-refractivity contribution < 1.29 is 14.3 Å². The molecule has 0 spiro atoms. The number of carbonyl (C=O) groups is 1. The normalized spacial score (nSPS) is 26.9. The highest BCUT2D eigenvalue weighted by molar-refractivity contribution is 5.72. The van der Waals surface area contributed by atoms with Crippen LogP contribution in [0.15, 0.2) is 6.20 Å². The maximum Gasteiger partial charge on any atom is 0.309 e. The van der Waals surface area contributed by atoms with Gasteiger partial charge < -0.3 is 14.0 Å². The Morgan fingerprint density at radius 2 is 2.44 bits per heavy atom. The molecular weight excluding hydrogens is 232 g/mol. The van der Waals surface area contributed by atoms with Crippen LogP contribution in [-0.2, 0) is 27.2 Å². The Labute approximate surface area is 106 Å². The van der Waals surface area contributed by atoms with E-state index in [1.807, 2.05) is 6.20 Å². The van der Waals surface area contributed by atoms with E-state index in [4.69, 9.17) is 9.47 Å². The molecule has 1 fully saturated rings. The van der Waals surface area contributed by atoms with Crippen molar-refractivity contribution in [3.05, 3.63) is 17.7 Å². The maximum atomic E-state index is 11.6. The SMILES string of the molecule is COC(=O)C1CCn2c(cnc2C2CCOC2)C1. The van der Waals surface area contributed by atoms with Crippen LogP contribution < -0.4 is 0 Å². The minimum atomic E-state index is -0.104. The summed E-state index contributed by atoms with van der Waals surface area (Å²) < 4.78 is 12.5. The fourth-order valence-electron chi connectivity index (χ4n) is 2.92. The molecule has 2 unspecified atom stereocenters. The second-order valence-electron chi connectivity index (χ2n) is 5.03. The molecule has 0 bridgehead atoms. The molecule has 3 rings (SSSR count). The van der Waals surface area contributed by atoms with Gasteiger partial charge in [-0.3, -0.25) is 4.79 Å². The predicted molar refractivity (Wildman–Crippen MR) is 64.2 cm³/mol. The van der Waals surface area contributed by atoms with Crippen LogP contribution in [0, 0.1) is 5.92 Å². The lowest BCUT2D eigenvalue weighted by Gasteiger charge is -2.24. The van der Waals surface area contributed by atoms with Crippen LogP contribution in [0.5, 0.6) is 0 Å². The number of nitrogens with zero attached hydrogens (tertiary/aromatic N) is 2. The number of hydrogen-bond donors (Lipinski definition) is 0. The molecule has 98 valence electrons. The maximum absolute atomic E-state index is 11.6. The molecule has 0 N–H and O–H groups in total. The molecule has 1 aromatic heterocycles. The highest BCUT2D eigenvalue weighted by Gasteiger charge is 2.30. The number of ether oxygens (including phenoxy) is 2. The van der Waals surface area contributed by atoms with E-state index in [0.717, 1.165) is 50.5 Å². The van der Waals surface area contributed by atoms with Crippen molar-refractivity contribution >= 4 is 5.97 Å². The van der Waals surface area contributed by atoms with Crippen molar-refractivity contribution in [3.63, 3.8) is 0 Å². The fraction of sp³-hybridized carbons (Fsp3) is 0.692.